The first-order chi connectivity index (χ1) is 10.6. The Labute approximate surface area is 127 Å². The van der Waals surface area contributed by atoms with E-state index in [-0.39, 0.29) is 5.91 Å². The van der Waals surface area contributed by atoms with E-state index in [1.54, 1.807) is 36.3 Å². The predicted octanol–water partition coefficient (Wildman–Crippen LogP) is 1.68. The van der Waals surface area contributed by atoms with Gasteiger partial charge in [-0.25, -0.2) is 9.67 Å². The second kappa shape index (κ2) is 5.44. The molecule has 0 aromatic carbocycles. The van der Waals surface area contributed by atoms with Crippen molar-refractivity contribution < 1.29 is 4.79 Å². The Balaban J connectivity index is 1.99. The summed E-state index contributed by atoms with van der Waals surface area (Å²) >= 11 is 0. The molecule has 0 radical (unpaired) electrons. The highest BCUT2D eigenvalue weighted by molar-refractivity contribution is 6.10. The fraction of sp³-hybridized carbons (Fsp3) is 0.200. The van der Waals surface area contributed by atoms with Gasteiger partial charge in [-0.3, -0.25) is 9.78 Å². The lowest BCUT2D eigenvalue weighted by atomic mass is 10.2. The molecule has 0 aliphatic rings. The molecule has 7 heteroatoms. The van der Waals surface area contributed by atoms with Crippen LogP contribution in [-0.4, -0.2) is 39.8 Å². The highest BCUT2D eigenvalue weighted by atomic mass is 16.2. The van der Waals surface area contributed by atoms with Crippen molar-refractivity contribution in [3.63, 3.8) is 0 Å². The molecule has 0 atom stereocenters. The van der Waals surface area contributed by atoms with Crippen molar-refractivity contribution in [2.75, 3.05) is 24.3 Å². The van der Waals surface area contributed by atoms with Crippen LogP contribution in [-0.2, 0) is 7.05 Å². The van der Waals surface area contributed by atoms with Gasteiger partial charge in [-0.05, 0) is 24.3 Å². The molecular formula is C15H16N6O. The van der Waals surface area contributed by atoms with E-state index in [0.29, 0.717) is 17.0 Å². The molecule has 1 amide bonds. The van der Waals surface area contributed by atoms with E-state index in [4.69, 9.17) is 0 Å². The number of amides is 1. The van der Waals surface area contributed by atoms with E-state index in [0.717, 1.165) is 11.2 Å². The maximum absolute atomic E-state index is 12.4. The van der Waals surface area contributed by atoms with Gasteiger partial charge in [0.05, 0.1) is 17.3 Å². The molecule has 3 aromatic rings. The number of pyridine rings is 2. The number of nitrogens with zero attached hydrogens (tertiary/aromatic N) is 5. The van der Waals surface area contributed by atoms with Gasteiger partial charge in [-0.2, -0.15) is 5.10 Å². The third-order valence-corrected chi connectivity index (χ3v) is 3.26. The molecule has 1 N–H and O–H groups in total. The van der Waals surface area contributed by atoms with Gasteiger partial charge < -0.3 is 10.2 Å². The maximum atomic E-state index is 12.4. The number of fused-ring (bicyclic) bond motifs is 1. The van der Waals surface area contributed by atoms with Crippen molar-refractivity contribution in [2.45, 2.75) is 0 Å². The van der Waals surface area contributed by atoms with Crippen LogP contribution in [0.25, 0.3) is 11.0 Å². The molecule has 3 heterocycles. The summed E-state index contributed by atoms with van der Waals surface area (Å²) in [4.78, 5) is 22.8. The molecule has 0 aliphatic carbocycles. The summed E-state index contributed by atoms with van der Waals surface area (Å²) in [5, 5.41) is 7.79. The van der Waals surface area contributed by atoms with E-state index in [1.165, 1.54) is 0 Å². The Morgan fingerprint density at radius 2 is 2.09 bits per heavy atom. The van der Waals surface area contributed by atoms with Crippen LogP contribution in [0.2, 0.25) is 0 Å². The number of anilines is 2. The number of aryl methyl sites for hydroxylation is 1. The van der Waals surface area contributed by atoms with Crippen LogP contribution in [0, 0.1) is 0 Å². The average Bonchev–Trinajstić information content (AvgIpc) is 2.85. The molecule has 22 heavy (non-hydrogen) atoms. The minimum Gasteiger partial charge on any atom is -0.363 e. The molecule has 7 nitrogen and oxygen atoms in total. The third kappa shape index (κ3) is 2.48. The predicted molar refractivity (Wildman–Crippen MR) is 85.0 cm³/mol. The Bertz CT molecular complexity index is 825. The minimum atomic E-state index is -0.280. The lowest BCUT2D eigenvalue weighted by Crippen LogP contribution is -2.13. The standard InChI is InChI=1S/C15H16N6O/c1-20(2)12-7-6-11-13(19-21(3)14(11)18-12)15(22)17-10-5-4-8-16-9-10/h4-9H,1-3H3,(H,17,22). The van der Waals surface area contributed by atoms with Crippen molar-refractivity contribution in [3.8, 4) is 0 Å². The van der Waals surface area contributed by atoms with Crippen molar-refractivity contribution in [1.82, 2.24) is 19.7 Å². The fourth-order valence-electron chi connectivity index (χ4n) is 2.16. The molecular weight excluding hydrogens is 280 g/mol. The van der Waals surface area contributed by atoms with Gasteiger partial charge in [0.2, 0.25) is 0 Å². The largest absolute Gasteiger partial charge is 0.363 e. The quantitative estimate of drug-likeness (QED) is 0.796. The Morgan fingerprint density at radius 1 is 1.27 bits per heavy atom. The van der Waals surface area contributed by atoms with E-state index < -0.39 is 0 Å². The molecule has 0 fully saturated rings. The summed E-state index contributed by atoms with van der Waals surface area (Å²) in [5.41, 5.74) is 1.64. The molecule has 0 aliphatic heterocycles. The van der Waals surface area contributed by atoms with Crippen LogP contribution in [0.1, 0.15) is 10.5 Å². The number of hydrogen-bond acceptors (Lipinski definition) is 5. The number of carbonyl (C=O) groups is 1. The van der Waals surface area contributed by atoms with Gasteiger partial charge in [0.15, 0.2) is 11.3 Å². The second-order valence-corrected chi connectivity index (χ2v) is 5.10. The average molecular weight is 296 g/mol. The van der Waals surface area contributed by atoms with E-state index in [9.17, 15) is 4.79 Å². The van der Waals surface area contributed by atoms with Gasteiger partial charge in [0.1, 0.15) is 5.82 Å². The van der Waals surface area contributed by atoms with E-state index in [1.807, 2.05) is 31.1 Å². The monoisotopic (exact) mass is 296 g/mol. The van der Waals surface area contributed by atoms with Gasteiger partial charge >= 0.3 is 0 Å². The zero-order valence-electron chi connectivity index (χ0n) is 12.6. The normalized spacial score (nSPS) is 10.7. The number of rotatable bonds is 3. The topological polar surface area (TPSA) is 75.9 Å². The van der Waals surface area contributed by atoms with Crippen LogP contribution < -0.4 is 10.2 Å². The Kier molecular flexibility index (Phi) is 3.46. The van der Waals surface area contributed by atoms with E-state index >= 15 is 0 Å². The molecule has 0 saturated heterocycles. The molecule has 112 valence electrons. The minimum absolute atomic E-state index is 0.280. The Hall–Kier alpha value is -2.96. The van der Waals surface area contributed by atoms with Crippen LogP contribution >= 0.6 is 0 Å². The third-order valence-electron chi connectivity index (χ3n) is 3.26. The number of aromatic nitrogens is 4. The van der Waals surface area contributed by atoms with Crippen LogP contribution in [0.4, 0.5) is 11.5 Å². The smallest absolute Gasteiger partial charge is 0.276 e. The zero-order valence-corrected chi connectivity index (χ0v) is 12.6. The lowest BCUT2D eigenvalue weighted by molar-refractivity contribution is 0.102. The van der Waals surface area contributed by atoms with Crippen LogP contribution in [0.3, 0.4) is 0 Å². The summed E-state index contributed by atoms with van der Waals surface area (Å²) in [6, 6.07) is 7.27. The van der Waals surface area contributed by atoms with Crippen molar-refractivity contribution in [2.24, 2.45) is 7.05 Å². The molecule has 0 bridgehead atoms. The summed E-state index contributed by atoms with van der Waals surface area (Å²) in [7, 11) is 5.61. The van der Waals surface area contributed by atoms with E-state index in [2.05, 4.69) is 20.4 Å². The molecule has 0 unspecified atom stereocenters. The molecule has 0 spiro atoms. The summed E-state index contributed by atoms with van der Waals surface area (Å²) in [6.45, 7) is 0. The lowest BCUT2D eigenvalue weighted by Gasteiger charge is -2.10. The first-order valence-electron chi connectivity index (χ1n) is 6.78. The van der Waals surface area contributed by atoms with Crippen molar-refractivity contribution >= 4 is 28.4 Å². The first-order valence-corrected chi connectivity index (χ1v) is 6.78. The highest BCUT2D eigenvalue weighted by Crippen LogP contribution is 2.20. The molecule has 3 aromatic heterocycles. The first kappa shape index (κ1) is 14.0. The second-order valence-electron chi connectivity index (χ2n) is 5.10. The van der Waals surface area contributed by atoms with Crippen molar-refractivity contribution in [3.05, 3.63) is 42.4 Å². The summed E-state index contributed by atoms with van der Waals surface area (Å²) in [6.07, 6.45) is 3.24. The van der Waals surface area contributed by atoms with Gasteiger partial charge in [-0.15, -0.1) is 0 Å². The zero-order chi connectivity index (χ0) is 15.7. The number of hydrogen-bond donors (Lipinski definition) is 1. The SMILES string of the molecule is CN(C)c1ccc2c(C(=O)Nc3cccnc3)nn(C)c2n1. The summed E-state index contributed by atoms with van der Waals surface area (Å²) in [5.74, 6) is 0.535. The van der Waals surface area contributed by atoms with Crippen LogP contribution in [0.5, 0.6) is 0 Å². The van der Waals surface area contributed by atoms with Crippen LogP contribution in [0.15, 0.2) is 36.7 Å². The molecule has 3 rings (SSSR count). The fourth-order valence-corrected chi connectivity index (χ4v) is 2.16. The summed E-state index contributed by atoms with van der Waals surface area (Å²) < 4.78 is 1.61. The Morgan fingerprint density at radius 3 is 2.77 bits per heavy atom. The maximum Gasteiger partial charge on any atom is 0.276 e. The van der Waals surface area contributed by atoms with Gasteiger partial charge in [0, 0.05) is 27.3 Å². The number of nitrogens with one attached hydrogen (secondary N) is 1. The van der Waals surface area contributed by atoms with Gasteiger partial charge in [0.25, 0.3) is 5.91 Å². The van der Waals surface area contributed by atoms with Crippen molar-refractivity contribution in [1.29, 1.82) is 0 Å². The van der Waals surface area contributed by atoms with Gasteiger partial charge in [-0.1, -0.05) is 0 Å². The number of carbonyl (C=O) groups excluding carboxylic acids is 1. The molecule has 0 saturated carbocycles. The highest BCUT2D eigenvalue weighted by Gasteiger charge is 2.17.